The predicted molar refractivity (Wildman–Crippen MR) is 181 cm³/mol. The Morgan fingerprint density at radius 2 is 1.06 bits per heavy atom. The van der Waals surface area contributed by atoms with Crippen LogP contribution in [0.25, 0.3) is 0 Å². The molecule has 0 spiro atoms. The molecule has 0 heterocycles. The molecular formula is C36H41F9O5S2. The molecule has 0 radical (unpaired) electrons. The molecule has 0 aliphatic carbocycles. The highest BCUT2D eigenvalue weighted by Gasteiger charge is 2.83. The molecule has 0 unspecified atom stereocenters. The summed E-state index contributed by atoms with van der Waals surface area (Å²) in [6.07, 6.45) is -5.71. The molecule has 0 amide bonds. The topological polar surface area (TPSA) is 75.7 Å². The molecular weight excluding hydrogens is 748 g/mol. The lowest BCUT2D eigenvalue weighted by atomic mass is 9.87. The Balaban J connectivity index is 0.000000465. The van der Waals surface area contributed by atoms with E-state index in [0.29, 0.717) is 13.2 Å². The Kier molecular flexibility index (Phi) is 13.7. The zero-order valence-corrected chi connectivity index (χ0v) is 31.4. The van der Waals surface area contributed by atoms with Crippen molar-refractivity contribution in [2.24, 2.45) is 0 Å². The van der Waals surface area contributed by atoms with Gasteiger partial charge in [-0.2, -0.15) is 39.5 Å². The van der Waals surface area contributed by atoms with Gasteiger partial charge in [0.2, 0.25) is 0 Å². The summed E-state index contributed by atoms with van der Waals surface area (Å²) in [4.78, 5) is 3.96. The maximum absolute atomic E-state index is 12.2. The molecule has 0 aliphatic rings. The van der Waals surface area contributed by atoms with Crippen molar-refractivity contribution in [1.82, 2.24) is 0 Å². The largest absolute Gasteiger partial charge is 0.743 e. The number of halogens is 9. The van der Waals surface area contributed by atoms with Crippen LogP contribution >= 0.6 is 0 Å². The Morgan fingerprint density at radius 1 is 0.673 bits per heavy atom. The van der Waals surface area contributed by atoms with Crippen molar-refractivity contribution in [3.05, 3.63) is 95.8 Å². The van der Waals surface area contributed by atoms with Gasteiger partial charge in [0.25, 0.3) is 0 Å². The van der Waals surface area contributed by atoms with Crippen LogP contribution in [0.15, 0.2) is 88.2 Å². The van der Waals surface area contributed by atoms with Crippen LogP contribution in [0, 0.1) is 13.8 Å². The van der Waals surface area contributed by atoms with Crippen LogP contribution in [0.1, 0.15) is 63.8 Å². The molecule has 0 atom stereocenters. The van der Waals surface area contributed by atoms with Crippen LogP contribution < -0.4 is 4.74 Å². The van der Waals surface area contributed by atoms with E-state index in [4.69, 9.17) is 9.47 Å². The highest BCUT2D eigenvalue weighted by molar-refractivity contribution is 7.97. The standard InChI is InChI=1S/C32H41O2S.C4HF9O3S/c1-10-33-19-20-34-30-23(2)21-29(22-24(30)3)35(27-15-11-25(12-16-27)31(4,5)6)28-17-13-26(14-18-28)32(7,8)9;5-1(6,3(9,10)11)2(7,8)4(12,13)17(14,15)16/h10-18,21-22H,1,19-20H2,2-9H3;(H,14,15,16)/q+1;/p-1. The first-order valence-electron chi connectivity index (χ1n) is 15.5. The maximum Gasteiger partial charge on any atom is 0.460 e. The third kappa shape index (κ3) is 9.98. The van der Waals surface area contributed by atoms with E-state index < -0.39 is 33.4 Å². The normalized spacial score (nSPS) is 13.4. The fourth-order valence-electron chi connectivity index (χ4n) is 4.64. The van der Waals surface area contributed by atoms with Gasteiger partial charge in [-0.25, -0.2) is 8.42 Å². The van der Waals surface area contributed by atoms with Crippen molar-refractivity contribution < 1.29 is 62.0 Å². The van der Waals surface area contributed by atoms with Gasteiger partial charge in [0, 0.05) is 12.1 Å². The minimum atomic E-state index is -7.43. The van der Waals surface area contributed by atoms with Crippen LogP contribution in [0.3, 0.4) is 0 Å². The third-order valence-electron chi connectivity index (χ3n) is 7.58. The highest BCUT2D eigenvalue weighted by atomic mass is 32.2. The molecule has 3 rings (SSSR count). The second kappa shape index (κ2) is 15.9. The van der Waals surface area contributed by atoms with Gasteiger partial charge in [-0.3, -0.25) is 0 Å². The van der Waals surface area contributed by atoms with Gasteiger partial charge in [0.1, 0.15) is 19.0 Å². The summed E-state index contributed by atoms with van der Waals surface area (Å²) in [5, 5.41) is -7.11. The number of benzene rings is 3. The Morgan fingerprint density at radius 3 is 1.37 bits per heavy atom. The number of aryl methyl sites for hydroxylation is 2. The molecule has 0 saturated heterocycles. The number of hydrogen-bond acceptors (Lipinski definition) is 5. The highest BCUT2D eigenvalue weighted by Crippen LogP contribution is 2.54. The summed E-state index contributed by atoms with van der Waals surface area (Å²) in [5.41, 5.74) is 5.26. The SMILES string of the molecule is C=COCCOc1c(C)cc([S+](c2ccc(C(C)(C)C)cc2)c2ccc(C(C)(C)C)cc2)cc1C.O=S(=O)([O-])C(F)(F)C(F)(F)C(F)(F)C(F)(F)F. The van der Waals surface area contributed by atoms with Crippen molar-refractivity contribution in [3.8, 4) is 5.75 Å². The summed E-state index contributed by atoms with van der Waals surface area (Å²) >= 11 is 0. The lowest BCUT2D eigenvalue weighted by Gasteiger charge is -2.34. The number of rotatable bonds is 11. The fourth-order valence-corrected chi connectivity index (χ4v) is 7.30. The van der Waals surface area contributed by atoms with Crippen molar-refractivity contribution in [3.63, 3.8) is 0 Å². The van der Waals surface area contributed by atoms with E-state index in [1.54, 1.807) is 0 Å². The monoisotopic (exact) mass is 788 g/mol. The smallest absolute Gasteiger partial charge is 0.460 e. The van der Waals surface area contributed by atoms with E-state index in [1.807, 2.05) is 0 Å². The number of alkyl halides is 9. The predicted octanol–water partition coefficient (Wildman–Crippen LogP) is 10.5. The number of hydrogen-bond donors (Lipinski definition) is 0. The van der Waals surface area contributed by atoms with Crippen LogP contribution in [0.5, 0.6) is 5.75 Å². The van der Waals surface area contributed by atoms with E-state index in [9.17, 15) is 52.5 Å². The molecule has 290 valence electrons. The van der Waals surface area contributed by atoms with Gasteiger partial charge in [-0.05, 0) is 71.2 Å². The second-order valence-electron chi connectivity index (χ2n) is 13.7. The summed E-state index contributed by atoms with van der Waals surface area (Å²) in [6.45, 7) is 22.4. The summed E-state index contributed by atoms with van der Waals surface area (Å²) in [7, 11) is -7.63. The van der Waals surface area contributed by atoms with Crippen LogP contribution in [-0.4, -0.2) is 49.5 Å². The first kappa shape index (κ1) is 44.8. The first-order chi connectivity index (χ1) is 23.4. The lowest BCUT2D eigenvalue weighted by Crippen LogP contribution is -2.63. The van der Waals surface area contributed by atoms with Gasteiger partial charge in [0.05, 0.1) is 17.2 Å². The Bertz CT molecular complexity index is 1700. The molecule has 0 aromatic heterocycles. The van der Waals surface area contributed by atoms with Crippen LogP contribution in [-0.2, 0) is 36.6 Å². The van der Waals surface area contributed by atoms with E-state index in [0.717, 1.165) is 16.9 Å². The van der Waals surface area contributed by atoms with E-state index in [-0.39, 0.29) is 21.7 Å². The van der Waals surface area contributed by atoms with Gasteiger partial charge >= 0.3 is 23.3 Å². The zero-order valence-electron chi connectivity index (χ0n) is 29.7. The van der Waals surface area contributed by atoms with E-state index in [2.05, 4.69) is 123 Å². The van der Waals surface area contributed by atoms with Crippen molar-refractivity contribution in [2.75, 3.05) is 13.2 Å². The van der Waals surface area contributed by atoms with Crippen molar-refractivity contribution >= 4 is 21.0 Å². The quantitative estimate of drug-likeness (QED) is 0.0636. The Labute approximate surface area is 301 Å². The molecule has 5 nitrogen and oxygen atoms in total. The molecule has 0 bridgehead atoms. The number of ether oxygens (including phenoxy) is 2. The second-order valence-corrected chi connectivity index (χ2v) is 17.2. The maximum atomic E-state index is 12.2. The third-order valence-corrected chi connectivity index (χ3v) is 10.7. The van der Waals surface area contributed by atoms with Gasteiger partial charge in [0.15, 0.2) is 24.8 Å². The summed E-state index contributed by atoms with van der Waals surface area (Å²) in [5.74, 6) is -13.9. The molecule has 3 aromatic carbocycles. The molecule has 0 fully saturated rings. The minimum Gasteiger partial charge on any atom is -0.743 e. The van der Waals surface area contributed by atoms with Crippen LogP contribution in [0.2, 0.25) is 0 Å². The lowest BCUT2D eigenvalue weighted by molar-refractivity contribution is -0.382. The van der Waals surface area contributed by atoms with E-state index in [1.165, 1.54) is 32.1 Å². The summed E-state index contributed by atoms with van der Waals surface area (Å²) in [6, 6.07) is 23.0. The van der Waals surface area contributed by atoms with Crippen LogP contribution in [0.4, 0.5) is 39.5 Å². The Hall–Kier alpha value is -3.37. The average molecular weight is 789 g/mol. The van der Waals surface area contributed by atoms with Crippen molar-refractivity contribution in [1.29, 1.82) is 0 Å². The molecule has 0 saturated carbocycles. The molecule has 0 N–H and O–H groups in total. The average Bonchev–Trinajstić information content (AvgIpc) is 2.99. The first-order valence-corrected chi connectivity index (χ1v) is 18.1. The van der Waals surface area contributed by atoms with Gasteiger partial charge in [-0.15, -0.1) is 0 Å². The zero-order chi connectivity index (χ0) is 40.3. The molecule has 52 heavy (non-hydrogen) atoms. The van der Waals surface area contributed by atoms with Gasteiger partial charge in [-0.1, -0.05) is 72.4 Å². The fraction of sp³-hybridized carbons (Fsp3) is 0.444. The van der Waals surface area contributed by atoms with Gasteiger partial charge < -0.3 is 14.0 Å². The van der Waals surface area contributed by atoms with E-state index >= 15 is 0 Å². The molecule has 3 aromatic rings. The minimum absolute atomic E-state index is 0.132. The molecule has 0 aliphatic heterocycles. The molecule has 16 heteroatoms. The van der Waals surface area contributed by atoms with Crippen molar-refractivity contribution in [2.45, 2.75) is 104 Å². The summed E-state index contributed by atoms with van der Waals surface area (Å²) < 4.78 is 147.